The van der Waals surface area contributed by atoms with Crippen molar-refractivity contribution in [3.05, 3.63) is 153 Å². The number of allylic oxidation sites excluding steroid dienone is 5. The lowest BCUT2D eigenvalue weighted by Gasteiger charge is -2.28. The number of thiazole rings is 1. The van der Waals surface area contributed by atoms with E-state index in [-0.39, 0.29) is 15.4 Å². The molecule has 4 aromatic carbocycles. The van der Waals surface area contributed by atoms with E-state index in [1.807, 2.05) is 66.7 Å². The van der Waals surface area contributed by atoms with Crippen LogP contribution in [0.2, 0.25) is 0 Å². The molecule has 0 atom stereocenters. The van der Waals surface area contributed by atoms with Gasteiger partial charge in [0, 0.05) is 91.3 Å². The fourth-order valence-corrected chi connectivity index (χ4v) is 11.0. The third-order valence-electron chi connectivity index (χ3n) is 11.5. The Morgan fingerprint density at radius 2 is 1.54 bits per heavy atom. The molecule has 71 heavy (non-hydrogen) atoms. The number of carbonyl (C=O) groups is 2. The van der Waals surface area contributed by atoms with E-state index in [0.29, 0.717) is 48.6 Å². The zero-order chi connectivity index (χ0) is 50.4. The van der Waals surface area contributed by atoms with Crippen molar-refractivity contribution in [3.63, 3.8) is 0 Å². The first kappa shape index (κ1) is 54.9. The number of quaternary nitrogens is 1. The number of carbonyl (C=O) groups excluding carboxylic acids is 1. The van der Waals surface area contributed by atoms with Crippen LogP contribution < -0.4 is 29.8 Å². The van der Waals surface area contributed by atoms with Crippen molar-refractivity contribution in [1.29, 1.82) is 0 Å². The lowest BCUT2D eigenvalue weighted by molar-refractivity contribution is -0.894. The van der Waals surface area contributed by atoms with Crippen molar-refractivity contribution >= 4 is 92.5 Å². The monoisotopic (exact) mass is 1040 g/mol. The number of ether oxygens (including phenoxy) is 1. The Hall–Kier alpha value is -5.40. The summed E-state index contributed by atoms with van der Waals surface area (Å²) in [6.45, 7) is 13.7. The van der Waals surface area contributed by atoms with Gasteiger partial charge in [-0.25, -0.2) is 9.59 Å². The van der Waals surface area contributed by atoms with E-state index in [9.17, 15) is 25.2 Å². The third-order valence-corrected chi connectivity index (χ3v) is 15.0. The van der Waals surface area contributed by atoms with Gasteiger partial charge in [-0.15, -0.1) is 0 Å². The van der Waals surface area contributed by atoms with Gasteiger partial charge >= 0.3 is 11.9 Å². The molecule has 1 aromatic heterocycles. The second kappa shape index (κ2) is 29.2. The first-order valence-electron chi connectivity index (χ1n) is 23.4. The number of benzene rings is 4. The minimum atomic E-state index is -1.20. The van der Waals surface area contributed by atoms with Crippen LogP contribution in [0.4, 0.5) is 17.1 Å². The Kier molecular flexibility index (Phi) is 22.6. The molecule has 1 aliphatic carbocycles. The molecule has 0 spiro atoms. The zero-order valence-corrected chi connectivity index (χ0v) is 43.4. The number of carboxylic acids is 1. The number of aromatic nitrogens is 1. The van der Waals surface area contributed by atoms with Gasteiger partial charge < -0.3 is 35.1 Å². The lowest BCUT2D eigenvalue weighted by atomic mass is 10.1. The molecule has 0 saturated heterocycles. The average molecular weight is 1040 g/mol. The van der Waals surface area contributed by atoms with Crippen molar-refractivity contribution < 1.29 is 61.0 Å². The topological polar surface area (TPSA) is 161 Å². The minimum absolute atomic E-state index is 0. The summed E-state index contributed by atoms with van der Waals surface area (Å²) >= 11 is 5.12. The van der Waals surface area contributed by atoms with Crippen LogP contribution in [0.5, 0.6) is 0 Å². The maximum absolute atomic E-state index is 12.8. The highest BCUT2D eigenvalue weighted by Crippen LogP contribution is 2.48. The number of aliphatic carboxylic acids is 1. The van der Waals surface area contributed by atoms with Gasteiger partial charge in [-0.05, 0) is 125 Å². The molecule has 0 bridgehead atoms. The molecule has 18 heteroatoms. The molecular formula is C53H62N4O10S4. The number of nitrogens with zero attached hydrogens (tertiary/aromatic N) is 3. The number of hydrogen-bond acceptors (Lipinski definition) is 15. The van der Waals surface area contributed by atoms with E-state index < -0.39 is 5.97 Å². The molecular weight excluding hydrogens is 981 g/mol. The van der Waals surface area contributed by atoms with E-state index in [1.54, 1.807) is 41.0 Å². The number of thioether (sulfide) groups is 1. The zero-order valence-electron chi connectivity index (χ0n) is 40.1. The summed E-state index contributed by atoms with van der Waals surface area (Å²) in [7, 11) is 0. The molecule has 0 saturated carbocycles. The number of nitrogens with one attached hydrogen (secondary N) is 1. The van der Waals surface area contributed by atoms with Crippen LogP contribution in [-0.2, 0) is 34.8 Å². The first-order valence-corrected chi connectivity index (χ1v) is 26.9. The van der Waals surface area contributed by atoms with Crippen LogP contribution in [-0.4, -0.2) is 61.3 Å². The molecule has 0 unspecified atom stereocenters. The van der Waals surface area contributed by atoms with Crippen molar-refractivity contribution in [2.24, 2.45) is 0 Å². The largest absolute Gasteiger partial charge is 0.691 e. The summed E-state index contributed by atoms with van der Waals surface area (Å²) in [5, 5.41) is 39.0. The normalized spacial score (nSPS) is 14.3. The Labute approximate surface area is 435 Å². The van der Waals surface area contributed by atoms with Gasteiger partial charge in [0.05, 0.1) is 48.2 Å². The van der Waals surface area contributed by atoms with Crippen molar-refractivity contribution in [2.75, 3.05) is 54.1 Å². The Bertz CT molecular complexity index is 2700. The maximum Gasteiger partial charge on any atom is 0.382 e. The highest BCUT2D eigenvalue weighted by atomic mass is 32.2. The summed E-state index contributed by atoms with van der Waals surface area (Å²) in [5.41, 5.74) is 8.18. The molecule has 2 aliphatic rings. The van der Waals surface area contributed by atoms with Gasteiger partial charge in [0.25, 0.3) is 5.01 Å². The summed E-state index contributed by atoms with van der Waals surface area (Å²) in [6, 6.07) is 31.8. The summed E-state index contributed by atoms with van der Waals surface area (Å²) < 4.78 is 17.5. The smallest absolute Gasteiger partial charge is 0.382 e. The van der Waals surface area contributed by atoms with E-state index >= 15 is 0 Å². The number of aryl methyl sites for hydroxylation is 1. The standard InChI is InChI=1S/C47H43N3O10S4.C6H15N.2H2/c1-2-56-47(53)36-19-23-42-40(32-36)49(28-10-30-62-60-58-55)44(64-42)25-21-35-18-17-34(46(35)50(37-11-5-3-6-12-37)38-13-7-4-8-14-38)20-24-43-48(27-9-29-61-59-57-54)39-31-33(16-26-45(51)52)15-22-41(39)63-43;1-4-7(5-2)6-3;;/h3-8,11-15,19-25,31-32H,2,9-10,17-18,27-30H2,1H3,(H2-,51,52,54,55);4-6H2,1-3H3;2*1H. The molecule has 14 nitrogen and oxygen atoms in total. The number of carboxylic acid groups (broad SMARTS) is 1. The van der Waals surface area contributed by atoms with Crippen LogP contribution in [0.3, 0.4) is 0 Å². The fraction of sp³-hybridized carbons (Fsp3) is 0.302. The first-order chi connectivity index (χ1) is 34.7. The number of fused-ring (bicyclic) bond motifs is 2. The van der Waals surface area contributed by atoms with Gasteiger partial charge in [-0.1, -0.05) is 71.5 Å². The minimum Gasteiger partial charge on any atom is -0.691 e. The van der Waals surface area contributed by atoms with Crippen LogP contribution in [0, 0.1) is 11.8 Å². The highest BCUT2D eigenvalue weighted by Gasteiger charge is 2.29. The number of esters is 1. The Morgan fingerprint density at radius 3 is 2.15 bits per heavy atom. The molecule has 0 radical (unpaired) electrons. The molecule has 5 aromatic rings. The van der Waals surface area contributed by atoms with Gasteiger partial charge in [0.1, 0.15) is 4.70 Å². The number of anilines is 3. The van der Waals surface area contributed by atoms with Gasteiger partial charge in [0.15, 0.2) is 6.54 Å². The Balaban J connectivity index is 0.00000120. The van der Waals surface area contributed by atoms with E-state index in [4.69, 9.17) is 4.74 Å². The van der Waals surface area contributed by atoms with Crippen LogP contribution in [0.1, 0.15) is 77.2 Å². The summed E-state index contributed by atoms with van der Waals surface area (Å²) in [5.74, 6) is 4.39. The van der Waals surface area contributed by atoms with E-state index in [1.165, 1.54) is 19.6 Å². The van der Waals surface area contributed by atoms with Crippen LogP contribution >= 0.6 is 47.2 Å². The molecule has 2 heterocycles. The predicted octanol–water partition coefficient (Wildman–Crippen LogP) is 9.03. The summed E-state index contributed by atoms with van der Waals surface area (Å²) in [4.78, 5) is 31.2. The molecule has 7 rings (SSSR count). The van der Waals surface area contributed by atoms with Crippen molar-refractivity contribution in [3.8, 4) is 11.8 Å². The molecule has 2 N–H and O–H groups in total. The Morgan fingerprint density at radius 1 is 0.859 bits per heavy atom. The number of rotatable bonds is 23. The SMILES string of the molecule is CCOC(=O)c1ccc2c(c1)N(CCCSOO[O-])/C(=C/C=C1\CCC(/C=C/c3sc4ccc(C#CC(=O)O)cc4[n+]3CCCSOO[O-])=C1N(c1ccccc1)c1ccccc1)S2.CC[NH+](CC)CC.[HH].[HH]. The molecule has 1 aliphatic heterocycles. The summed E-state index contributed by atoms with van der Waals surface area (Å²) in [6.07, 6.45) is 11.5. The highest BCUT2D eigenvalue weighted by molar-refractivity contribution is 8.03. The van der Waals surface area contributed by atoms with E-state index in [2.05, 4.69) is 114 Å². The van der Waals surface area contributed by atoms with Gasteiger partial charge in [0.2, 0.25) is 5.52 Å². The molecule has 0 fully saturated rings. The average Bonchev–Trinajstić information content (AvgIpc) is 4.07. The second-order valence-corrected chi connectivity index (χ2v) is 19.5. The second-order valence-electron chi connectivity index (χ2n) is 15.8. The lowest BCUT2D eigenvalue weighted by Crippen LogP contribution is -3.11. The van der Waals surface area contributed by atoms with Crippen LogP contribution in [0.25, 0.3) is 16.3 Å². The van der Waals surface area contributed by atoms with Crippen molar-refractivity contribution in [2.45, 2.75) is 64.8 Å². The third kappa shape index (κ3) is 15.5. The van der Waals surface area contributed by atoms with Crippen LogP contribution in [0.15, 0.2) is 142 Å². The number of hydrogen-bond donors (Lipinski definition) is 2. The maximum atomic E-state index is 12.8. The van der Waals surface area contributed by atoms with Gasteiger partial charge in [-0.3, -0.25) is 10.1 Å². The fourth-order valence-electron chi connectivity index (χ4n) is 8.11. The molecule has 0 amide bonds. The van der Waals surface area contributed by atoms with Crippen molar-refractivity contribution in [1.82, 2.24) is 0 Å². The number of para-hydroxylation sites is 2. The quantitative estimate of drug-likeness (QED) is 0.0121. The van der Waals surface area contributed by atoms with E-state index in [0.717, 1.165) is 96.0 Å². The molecule has 378 valence electrons. The predicted molar refractivity (Wildman–Crippen MR) is 284 cm³/mol. The van der Waals surface area contributed by atoms with Gasteiger partial charge in [-0.2, -0.15) is 13.2 Å².